The molecule has 158 valence electrons. The number of hydrogen-bond donors (Lipinski definition) is 1. The lowest BCUT2D eigenvalue weighted by Crippen LogP contribution is -2.15. The molecule has 0 radical (unpaired) electrons. The zero-order chi connectivity index (χ0) is 21.8. The van der Waals surface area contributed by atoms with Gasteiger partial charge in [0.2, 0.25) is 5.91 Å². The van der Waals surface area contributed by atoms with Crippen LogP contribution in [0.3, 0.4) is 0 Å². The molecule has 4 rings (SSSR count). The molecule has 6 nitrogen and oxygen atoms in total. The van der Waals surface area contributed by atoms with Crippen LogP contribution in [0.5, 0.6) is 5.75 Å². The van der Waals surface area contributed by atoms with Crippen LogP contribution in [0.1, 0.15) is 5.56 Å². The van der Waals surface area contributed by atoms with E-state index in [1.165, 1.54) is 11.8 Å². The van der Waals surface area contributed by atoms with Crippen LogP contribution in [0, 0.1) is 6.92 Å². The largest absolute Gasteiger partial charge is 0.497 e. The van der Waals surface area contributed by atoms with E-state index in [1.54, 1.807) is 18.4 Å². The molecular weight excluding hydrogens is 496 g/mol. The van der Waals surface area contributed by atoms with Crippen molar-refractivity contribution in [3.63, 3.8) is 0 Å². The number of thiophene rings is 1. The van der Waals surface area contributed by atoms with Gasteiger partial charge in [-0.15, -0.1) is 21.5 Å². The first-order chi connectivity index (χ1) is 15.0. The first-order valence-electron chi connectivity index (χ1n) is 9.37. The molecule has 1 N–H and O–H groups in total. The Morgan fingerprint density at radius 2 is 2.00 bits per heavy atom. The summed E-state index contributed by atoms with van der Waals surface area (Å²) < 4.78 is 8.09. The van der Waals surface area contributed by atoms with Crippen LogP contribution in [-0.2, 0) is 4.79 Å². The molecule has 0 bridgehead atoms. The molecule has 0 aliphatic carbocycles. The van der Waals surface area contributed by atoms with E-state index < -0.39 is 0 Å². The lowest BCUT2D eigenvalue weighted by atomic mass is 10.2. The third-order valence-electron chi connectivity index (χ3n) is 4.44. The van der Waals surface area contributed by atoms with Crippen molar-refractivity contribution < 1.29 is 9.53 Å². The van der Waals surface area contributed by atoms with Gasteiger partial charge in [0.1, 0.15) is 5.75 Å². The summed E-state index contributed by atoms with van der Waals surface area (Å²) in [4.78, 5) is 13.6. The summed E-state index contributed by atoms with van der Waals surface area (Å²) >= 11 is 6.43. The molecule has 0 spiro atoms. The number of nitrogens with zero attached hydrogens (tertiary/aromatic N) is 3. The molecule has 31 heavy (non-hydrogen) atoms. The van der Waals surface area contributed by atoms with Crippen LogP contribution >= 0.6 is 39.0 Å². The molecule has 2 aromatic heterocycles. The van der Waals surface area contributed by atoms with Crippen molar-refractivity contribution in [2.75, 3.05) is 18.2 Å². The highest BCUT2D eigenvalue weighted by atomic mass is 79.9. The average molecular weight is 515 g/mol. The van der Waals surface area contributed by atoms with Crippen molar-refractivity contribution in [3.8, 4) is 22.1 Å². The Bertz CT molecular complexity index is 1190. The Morgan fingerprint density at radius 3 is 2.68 bits per heavy atom. The maximum absolute atomic E-state index is 12.6. The summed E-state index contributed by atoms with van der Waals surface area (Å²) in [6.07, 6.45) is 0. The van der Waals surface area contributed by atoms with Gasteiger partial charge in [0.25, 0.3) is 0 Å². The summed E-state index contributed by atoms with van der Waals surface area (Å²) in [7, 11) is 1.64. The van der Waals surface area contributed by atoms with Crippen molar-refractivity contribution in [1.82, 2.24) is 14.8 Å². The number of ether oxygens (including phenoxy) is 1. The minimum atomic E-state index is -0.114. The molecule has 0 saturated carbocycles. The Balaban J connectivity index is 1.57. The van der Waals surface area contributed by atoms with Gasteiger partial charge >= 0.3 is 0 Å². The lowest BCUT2D eigenvalue weighted by Gasteiger charge is -2.11. The number of nitrogens with one attached hydrogen (secondary N) is 1. The van der Waals surface area contributed by atoms with Crippen LogP contribution in [0.4, 0.5) is 5.69 Å². The number of hydrogen-bond acceptors (Lipinski definition) is 6. The molecule has 0 aliphatic rings. The zero-order valence-electron chi connectivity index (χ0n) is 16.8. The third kappa shape index (κ3) is 5.00. The number of carbonyl (C=O) groups excluding carboxylic acids is 1. The highest BCUT2D eigenvalue weighted by Crippen LogP contribution is 2.31. The van der Waals surface area contributed by atoms with Crippen molar-refractivity contribution in [2.24, 2.45) is 0 Å². The number of benzene rings is 2. The summed E-state index contributed by atoms with van der Waals surface area (Å²) in [6.45, 7) is 2.00. The van der Waals surface area contributed by atoms with Gasteiger partial charge < -0.3 is 10.1 Å². The van der Waals surface area contributed by atoms with Crippen molar-refractivity contribution in [2.45, 2.75) is 12.1 Å². The molecule has 9 heteroatoms. The summed E-state index contributed by atoms with van der Waals surface area (Å²) in [6, 6.07) is 17.5. The second-order valence-electron chi connectivity index (χ2n) is 6.64. The quantitative estimate of drug-likeness (QED) is 0.315. The molecule has 0 atom stereocenters. The first kappa shape index (κ1) is 21.6. The predicted octanol–water partition coefficient (Wildman–Crippen LogP) is 5.81. The fourth-order valence-corrected chi connectivity index (χ4v) is 4.97. The number of carbonyl (C=O) groups is 1. The number of thioether (sulfide) groups is 1. The maximum Gasteiger partial charge on any atom is 0.234 e. The van der Waals surface area contributed by atoms with Crippen LogP contribution < -0.4 is 10.1 Å². The van der Waals surface area contributed by atoms with Crippen molar-refractivity contribution >= 4 is 50.6 Å². The van der Waals surface area contributed by atoms with Gasteiger partial charge in [0.05, 0.1) is 29.1 Å². The molecule has 0 fully saturated rings. The van der Waals surface area contributed by atoms with E-state index in [9.17, 15) is 4.79 Å². The van der Waals surface area contributed by atoms with E-state index in [2.05, 4.69) is 31.4 Å². The fraction of sp³-hybridized carbons (Fsp3) is 0.136. The fourth-order valence-electron chi connectivity index (χ4n) is 2.93. The number of halogens is 1. The van der Waals surface area contributed by atoms with Crippen LogP contribution in [0.25, 0.3) is 16.4 Å². The number of aryl methyl sites for hydroxylation is 1. The van der Waals surface area contributed by atoms with Crippen LogP contribution in [0.15, 0.2) is 69.6 Å². The molecule has 1 amide bonds. The van der Waals surface area contributed by atoms with Crippen molar-refractivity contribution in [1.29, 1.82) is 0 Å². The average Bonchev–Trinajstić information content (AvgIpc) is 3.44. The normalized spacial score (nSPS) is 10.8. The monoisotopic (exact) mass is 514 g/mol. The highest BCUT2D eigenvalue weighted by molar-refractivity contribution is 9.10. The third-order valence-corrected chi connectivity index (χ3v) is 6.89. The zero-order valence-corrected chi connectivity index (χ0v) is 20.1. The molecule has 0 saturated heterocycles. The number of methoxy groups -OCH3 is 1. The van der Waals surface area contributed by atoms with E-state index in [1.807, 2.05) is 71.5 Å². The van der Waals surface area contributed by atoms with Gasteiger partial charge in [0, 0.05) is 4.47 Å². The Hall–Kier alpha value is -2.62. The second-order valence-corrected chi connectivity index (χ2v) is 9.38. The van der Waals surface area contributed by atoms with Gasteiger partial charge in [-0.3, -0.25) is 9.36 Å². The van der Waals surface area contributed by atoms with Gasteiger partial charge in [-0.2, -0.15) is 0 Å². The SMILES string of the molecule is COc1ccc(-n2c(SCC(=O)Nc3ccc(C)cc3Br)nnc2-c2cccs2)cc1. The number of aromatic nitrogens is 3. The molecule has 2 heterocycles. The smallest absolute Gasteiger partial charge is 0.234 e. The number of anilines is 1. The first-order valence-corrected chi connectivity index (χ1v) is 12.0. The Morgan fingerprint density at radius 1 is 1.19 bits per heavy atom. The molecule has 0 aliphatic heterocycles. The second kappa shape index (κ2) is 9.67. The van der Waals surface area contributed by atoms with Crippen LogP contribution in [-0.4, -0.2) is 33.5 Å². The highest BCUT2D eigenvalue weighted by Gasteiger charge is 2.18. The Labute approximate surface area is 196 Å². The van der Waals surface area contributed by atoms with Gasteiger partial charge in [-0.25, -0.2) is 0 Å². The Kier molecular flexibility index (Phi) is 6.74. The predicted molar refractivity (Wildman–Crippen MR) is 129 cm³/mol. The summed E-state index contributed by atoms with van der Waals surface area (Å²) in [5.41, 5.74) is 2.76. The van der Waals surface area contributed by atoms with Crippen molar-refractivity contribution in [3.05, 3.63) is 70.0 Å². The molecule has 4 aromatic rings. The van der Waals surface area contributed by atoms with Gasteiger partial charge in [0.15, 0.2) is 11.0 Å². The van der Waals surface area contributed by atoms with E-state index in [0.717, 1.165) is 37.9 Å². The van der Waals surface area contributed by atoms with E-state index in [0.29, 0.717) is 5.16 Å². The van der Waals surface area contributed by atoms with E-state index in [4.69, 9.17) is 4.74 Å². The number of amides is 1. The summed E-state index contributed by atoms with van der Waals surface area (Å²) in [5, 5.41) is 14.3. The van der Waals surface area contributed by atoms with E-state index >= 15 is 0 Å². The summed E-state index contributed by atoms with van der Waals surface area (Å²) in [5.74, 6) is 1.60. The topological polar surface area (TPSA) is 69.0 Å². The standard InChI is InChI=1S/C22H19BrN4O2S2/c1-14-5-10-18(17(23)12-14)24-20(28)13-31-22-26-25-21(19-4-3-11-30-19)27(22)15-6-8-16(29-2)9-7-15/h3-12H,13H2,1-2H3,(H,24,28). The van der Waals surface area contributed by atoms with E-state index in [-0.39, 0.29) is 11.7 Å². The number of rotatable bonds is 7. The molecular formula is C22H19BrN4O2S2. The van der Waals surface area contributed by atoms with Crippen LogP contribution in [0.2, 0.25) is 0 Å². The lowest BCUT2D eigenvalue weighted by molar-refractivity contribution is -0.113. The molecule has 0 unspecified atom stereocenters. The molecule has 2 aromatic carbocycles. The van der Waals surface area contributed by atoms with Gasteiger partial charge in [-0.1, -0.05) is 23.9 Å². The minimum Gasteiger partial charge on any atom is -0.497 e. The maximum atomic E-state index is 12.6. The van der Waals surface area contributed by atoms with Gasteiger partial charge in [-0.05, 0) is 76.3 Å². The minimum absolute atomic E-state index is 0.114.